The van der Waals surface area contributed by atoms with Crippen molar-refractivity contribution >= 4 is 0 Å². The molecule has 1 N–H and O–H groups in total. The average Bonchev–Trinajstić information content (AvgIpc) is 3.02. The summed E-state index contributed by atoms with van der Waals surface area (Å²) in [5.74, 6) is 0.0657. The topological polar surface area (TPSA) is 37.8 Å². The first-order valence-electron chi connectivity index (χ1n) is 8.36. The van der Waals surface area contributed by atoms with Gasteiger partial charge < -0.3 is 0 Å². The highest BCUT2D eigenvalue weighted by atomic mass is 19.1. The van der Waals surface area contributed by atoms with Gasteiger partial charge in [-0.1, -0.05) is 33.4 Å². The second kappa shape index (κ2) is 4.37. The van der Waals surface area contributed by atoms with Gasteiger partial charge in [0.05, 0.1) is 6.04 Å². The van der Waals surface area contributed by atoms with Crippen molar-refractivity contribution in [1.29, 1.82) is 0 Å². The van der Waals surface area contributed by atoms with Crippen LogP contribution in [0.2, 0.25) is 0 Å². The Labute approximate surface area is 135 Å². The van der Waals surface area contributed by atoms with Crippen LogP contribution in [0.4, 0.5) is 4.39 Å². The van der Waals surface area contributed by atoms with Gasteiger partial charge in [0.2, 0.25) is 0 Å². The standard InChI is InChI=1S/C19H23FN2O/c1-5-11-10-12(20)6-7-14(11)22-17(23)15-13-8-9-19(4,16(15)21-22)18(13,2)3/h5-6,10,13-14,21H,1,7-9H2,2-4H3/t13?,14?,19-/m1/s1. The lowest BCUT2D eigenvalue weighted by molar-refractivity contribution is 0.221. The molecule has 1 heterocycles. The molecule has 0 spiro atoms. The SMILES string of the molecule is C=CC1=CC(F)=CCC1n1[nH]c2c(c1=O)C1CC[C@@]2(C)C1(C)C. The zero-order valence-electron chi connectivity index (χ0n) is 13.9. The van der Waals surface area contributed by atoms with Gasteiger partial charge in [-0.2, -0.15) is 0 Å². The number of aromatic amines is 1. The van der Waals surface area contributed by atoms with E-state index in [1.165, 1.54) is 12.2 Å². The number of H-pyrrole nitrogens is 1. The van der Waals surface area contributed by atoms with Crippen molar-refractivity contribution in [3.05, 3.63) is 57.8 Å². The van der Waals surface area contributed by atoms with Crippen LogP contribution in [0, 0.1) is 5.41 Å². The van der Waals surface area contributed by atoms with Gasteiger partial charge in [-0.3, -0.25) is 9.89 Å². The quantitative estimate of drug-likeness (QED) is 0.870. The van der Waals surface area contributed by atoms with Crippen LogP contribution in [0.15, 0.2) is 41.0 Å². The predicted molar refractivity (Wildman–Crippen MR) is 89.3 cm³/mol. The maximum Gasteiger partial charge on any atom is 0.270 e. The molecule has 2 unspecified atom stereocenters. The number of aromatic nitrogens is 2. The highest BCUT2D eigenvalue weighted by Gasteiger charge is 2.62. The van der Waals surface area contributed by atoms with Crippen LogP contribution in [0.5, 0.6) is 0 Å². The molecule has 1 saturated carbocycles. The summed E-state index contributed by atoms with van der Waals surface area (Å²) in [5.41, 5.74) is 3.01. The van der Waals surface area contributed by atoms with Crippen molar-refractivity contribution in [2.45, 2.75) is 57.4 Å². The van der Waals surface area contributed by atoms with Crippen LogP contribution in [0.1, 0.15) is 63.3 Å². The Balaban J connectivity index is 1.85. The maximum atomic E-state index is 13.5. The van der Waals surface area contributed by atoms with Gasteiger partial charge in [-0.15, -0.1) is 0 Å². The molecule has 0 aliphatic heterocycles. The molecular weight excluding hydrogens is 291 g/mol. The van der Waals surface area contributed by atoms with E-state index in [2.05, 4.69) is 32.4 Å². The van der Waals surface area contributed by atoms with E-state index in [9.17, 15) is 9.18 Å². The molecule has 0 saturated heterocycles. The molecule has 122 valence electrons. The predicted octanol–water partition coefficient (Wildman–Crippen LogP) is 4.26. The highest BCUT2D eigenvalue weighted by molar-refractivity contribution is 5.45. The first-order valence-corrected chi connectivity index (χ1v) is 8.36. The van der Waals surface area contributed by atoms with E-state index in [0.717, 1.165) is 29.7 Å². The van der Waals surface area contributed by atoms with Crippen molar-refractivity contribution in [2.24, 2.45) is 5.41 Å². The number of halogens is 1. The van der Waals surface area contributed by atoms with Gasteiger partial charge in [0.15, 0.2) is 0 Å². The van der Waals surface area contributed by atoms with Gasteiger partial charge in [-0.05, 0) is 48.3 Å². The lowest BCUT2D eigenvalue weighted by Crippen LogP contribution is -2.34. The molecular formula is C19H23FN2O. The summed E-state index contributed by atoms with van der Waals surface area (Å²) in [6.07, 6.45) is 7.33. The second-order valence-electron chi connectivity index (χ2n) is 7.91. The van der Waals surface area contributed by atoms with Crippen LogP contribution in [-0.4, -0.2) is 9.78 Å². The fraction of sp³-hybridized carbons (Fsp3) is 0.526. The van der Waals surface area contributed by atoms with Gasteiger partial charge in [0, 0.05) is 16.7 Å². The Morgan fingerprint density at radius 3 is 2.83 bits per heavy atom. The van der Waals surface area contributed by atoms with E-state index in [1.807, 2.05) is 0 Å². The third kappa shape index (κ3) is 1.62. The molecule has 0 radical (unpaired) electrons. The summed E-state index contributed by atoms with van der Waals surface area (Å²) in [6, 6.07) is -0.184. The lowest BCUT2D eigenvalue weighted by Gasteiger charge is -2.35. The van der Waals surface area contributed by atoms with Crippen molar-refractivity contribution in [2.75, 3.05) is 0 Å². The molecule has 4 heteroatoms. The number of rotatable bonds is 2. The van der Waals surface area contributed by atoms with Gasteiger partial charge >= 0.3 is 0 Å². The van der Waals surface area contributed by atoms with E-state index in [1.54, 1.807) is 10.8 Å². The number of nitrogens with zero attached hydrogens (tertiary/aromatic N) is 1. The fourth-order valence-electron chi connectivity index (χ4n) is 5.01. The number of fused-ring (bicyclic) bond motifs is 5. The monoisotopic (exact) mass is 314 g/mol. The molecule has 1 aromatic heterocycles. The summed E-state index contributed by atoms with van der Waals surface area (Å²) in [5, 5.41) is 3.40. The molecule has 3 aliphatic rings. The number of hydrogen-bond donors (Lipinski definition) is 1. The number of allylic oxidation sites excluding steroid dienone is 5. The van der Waals surface area contributed by atoms with E-state index in [-0.39, 0.29) is 28.3 Å². The van der Waals surface area contributed by atoms with Crippen molar-refractivity contribution in [3.8, 4) is 0 Å². The Morgan fingerprint density at radius 1 is 1.43 bits per heavy atom. The number of nitrogens with one attached hydrogen (secondary N) is 1. The fourth-order valence-corrected chi connectivity index (χ4v) is 5.01. The molecule has 0 amide bonds. The van der Waals surface area contributed by atoms with E-state index in [4.69, 9.17) is 0 Å². The average molecular weight is 314 g/mol. The Bertz CT molecular complexity index is 823. The minimum absolute atomic E-state index is 0.0191. The second-order valence-corrected chi connectivity index (χ2v) is 7.91. The van der Waals surface area contributed by atoms with Crippen molar-refractivity contribution < 1.29 is 4.39 Å². The van der Waals surface area contributed by atoms with Crippen LogP contribution < -0.4 is 5.56 Å². The van der Waals surface area contributed by atoms with E-state index in [0.29, 0.717) is 12.3 Å². The number of hydrogen-bond acceptors (Lipinski definition) is 1. The summed E-state index contributed by atoms with van der Waals surface area (Å²) >= 11 is 0. The highest BCUT2D eigenvalue weighted by Crippen LogP contribution is 2.66. The van der Waals surface area contributed by atoms with Gasteiger partial charge in [0.25, 0.3) is 5.56 Å². The molecule has 2 bridgehead atoms. The summed E-state index contributed by atoms with van der Waals surface area (Å²) in [7, 11) is 0. The molecule has 1 aromatic rings. The third-order valence-corrected chi connectivity index (χ3v) is 6.85. The van der Waals surface area contributed by atoms with Crippen molar-refractivity contribution in [3.63, 3.8) is 0 Å². The van der Waals surface area contributed by atoms with Crippen LogP contribution in [0.25, 0.3) is 0 Å². The van der Waals surface area contributed by atoms with Crippen LogP contribution in [0.3, 0.4) is 0 Å². The van der Waals surface area contributed by atoms with Crippen LogP contribution in [-0.2, 0) is 5.41 Å². The smallest absolute Gasteiger partial charge is 0.270 e. The summed E-state index contributed by atoms with van der Waals surface area (Å²) < 4.78 is 15.2. The summed E-state index contributed by atoms with van der Waals surface area (Å²) in [4.78, 5) is 13.1. The minimum atomic E-state index is -0.253. The molecule has 23 heavy (non-hydrogen) atoms. The normalized spacial score (nSPS) is 34.1. The molecule has 3 aliphatic carbocycles. The van der Waals surface area contributed by atoms with Gasteiger partial charge in [0.1, 0.15) is 5.83 Å². The largest absolute Gasteiger partial charge is 0.298 e. The molecule has 1 fully saturated rings. The Hall–Kier alpha value is -1.84. The molecule has 3 atom stereocenters. The zero-order chi connectivity index (χ0) is 16.6. The van der Waals surface area contributed by atoms with Crippen LogP contribution >= 0.6 is 0 Å². The maximum absolute atomic E-state index is 13.5. The zero-order valence-corrected chi connectivity index (χ0v) is 13.9. The van der Waals surface area contributed by atoms with Crippen molar-refractivity contribution in [1.82, 2.24) is 9.78 Å². The van der Waals surface area contributed by atoms with E-state index < -0.39 is 0 Å². The molecule has 4 rings (SSSR count). The first-order chi connectivity index (χ1) is 10.8. The molecule has 3 nitrogen and oxygen atoms in total. The minimum Gasteiger partial charge on any atom is -0.298 e. The first kappa shape index (κ1) is 14.7. The molecule has 0 aromatic carbocycles. The van der Waals surface area contributed by atoms with Gasteiger partial charge in [-0.25, -0.2) is 9.07 Å². The third-order valence-electron chi connectivity index (χ3n) is 6.85. The Morgan fingerprint density at radius 2 is 2.17 bits per heavy atom. The lowest BCUT2D eigenvalue weighted by atomic mass is 9.70. The van der Waals surface area contributed by atoms with E-state index >= 15 is 0 Å². The summed E-state index contributed by atoms with van der Waals surface area (Å²) in [6.45, 7) is 10.6. The Kier molecular flexibility index (Phi) is 2.80.